The Morgan fingerprint density at radius 2 is 1.77 bits per heavy atom. The number of hydrogen-bond acceptors (Lipinski definition) is 4. The molecule has 1 amide bonds. The number of hydrogen-bond donors (Lipinski definition) is 2. The first-order chi connectivity index (χ1) is 12.5. The third-order valence-corrected chi connectivity index (χ3v) is 4.19. The van der Waals surface area contributed by atoms with Gasteiger partial charge in [-0.1, -0.05) is 29.3 Å². The molecule has 0 fully saturated rings. The van der Waals surface area contributed by atoms with Crippen LogP contribution in [0.4, 0.5) is 17.1 Å². The van der Waals surface area contributed by atoms with Gasteiger partial charge in [-0.25, -0.2) is 4.98 Å². The summed E-state index contributed by atoms with van der Waals surface area (Å²) in [4.78, 5) is 16.4. The molecule has 128 valence electrons. The summed E-state index contributed by atoms with van der Waals surface area (Å²) < 4.78 is 0. The largest absolute Gasteiger partial charge is 0.354 e. The van der Waals surface area contributed by atoms with Crippen LogP contribution in [-0.2, 0) is 0 Å². The van der Waals surface area contributed by atoms with E-state index in [1.165, 1.54) is 0 Å². The molecule has 0 aliphatic rings. The van der Waals surface area contributed by atoms with Crippen molar-refractivity contribution in [3.63, 3.8) is 0 Å². The van der Waals surface area contributed by atoms with E-state index in [4.69, 9.17) is 28.5 Å². The molecule has 0 atom stereocenters. The Kier molecular flexibility index (Phi) is 5.37. The maximum absolute atomic E-state index is 12.3. The first-order valence-corrected chi connectivity index (χ1v) is 8.30. The number of pyridine rings is 1. The van der Waals surface area contributed by atoms with Crippen LogP contribution in [0.1, 0.15) is 16.1 Å². The molecule has 0 bridgehead atoms. The van der Waals surface area contributed by atoms with Crippen molar-refractivity contribution in [1.29, 1.82) is 5.26 Å². The Balaban J connectivity index is 1.69. The van der Waals surface area contributed by atoms with Crippen LogP contribution in [-0.4, -0.2) is 10.9 Å². The molecular formula is C19H12Cl2N4O. The van der Waals surface area contributed by atoms with Gasteiger partial charge < -0.3 is 10.6 Å². The SMILES string of the molecule is N#Cc1cccc(NC(=O)c2ccc(Nc3ccc(Cl)c(Cl)c3)cn2)c1. The molecule has 5 nitrogen and oxygen atoms in total. The van der Waals surface area contributed by atoms with Gasteiger partial charge in [0.05, 0.1) is 33.6 Å². The van der Waals surface area contributed by atoms with Gasteiger partial charge in [0.2, 0.25) is 0 Å². The van der Waals surface area contributed by atoms with Gasteiger partial charge >= 0.3 is 0 Å². The van der Waals surface area contributed by atoms with Crippen LogP contribution in [0.25, 0.3) is 0 Å². The molecule has 2 N–H and O–H groups in total. The highest BCUT2D eigenvalue weighted by atomic mass is 35.5. The predicted molar refractivity (Wildman–Crippen MR) is 103 cm³/mol. The van der Waals surface area contributed by atoms with Gasteiger partial charge in [-0.2, -0.15) is 5.26 Å². The first-order valence-electron chi connectivity index (χ1n) is 7.55. The molecule has 0 saturated heterocycles. The summed E-state index contributed by atoms with van der Waals surface area (Å²) in [5.74, 6) is -0.360. The molecule has 3 rings (SSSR count). The Hall–Kier alpha value is -3.07. The minimum absolute atomic E-state index is 0.257. The second-order valence-electron chi connectivity index (χ2n) is 5.33. The van der Waals surface area contributed by atoms with Gasteiger partial charge in [-0.05, 0) is 48.5 Å². The Labute approximate surface area is 160 Å². The van der Waals surface area contributed by atoms with Gasteiger partial charge in [-0.3, -0.25) is 4.79 Å². The quantitative estimate of drug-likeness (QED) is 0.645. The average Bonchev–Trinajstić information content (AvgIpc) is 2.65. The molecule has 1 heterocycles. The number of carbonyl (C=O) groups is 1. The Bertz CT molecular complexity index is 997. The summed E-state index contributed by atoms with van der Waals surface area (Å²) in [6, 6.07) is 17.2. The third-order valence-electron chi connectivity index (χ3n) is 3.45. The number of nitriles is 1. The van der Waals surface area contributed by atoms with Crippen molar-refractivity contribution in [2.75, 3.05) is 10.6 Å². The smallest absolute Gasteiger partial charge is 0.274 e. The normalized spacial score (nSPS) is 10.0. The van der Waals surface area contributed by atoms with Crippen molar-refractivity contribution in [2.24, 2.45) is 0 Å². The van der Waals surface area contributed by atoms with Crippen LogP contribution in [0.5, 0.6) is 0 Å². The van der Waals surface area contributed by atoms with E-state index in [1.54, 1.807) is 60.8 Å². The van der Waals surface area contributed by atoms with Gasteiger partial charge in [0.1, 0.15) is 5.69 Å². The average molecular weight is 383 g/mol. The van der Waals surface area contributed by atoms with Crippen LogP contribution < -0.4 is 10.6 Å². The summed E-state index contributed by atoms with van der Waals surface area (Å²) in [6.45, 7) is 0. The highest BCUT2D eigenvalue weighted by molar-refractivity contribution is 6.42. The van der Waals surface area contributed by atoms with Crippen molar-refractivity contribution in [2.45, 2.75) is 0 Å². The molecule has 7 heteroatoms. The van der Waals surface area contributed by atoms with Crippen molar-refractivity contribution < 1.29 is 4.79 Å². The molecule has 0 radical (unpaired) electrons. The molecule has 2 aromatic carbocycles. The zero-order chi connectivity index (χ0) is 18.5. The van der Waals surface area contributed by atoms with Crippen molar-refractivity contribution in [3.05, 3.63) is 82.1 Å². The van der Waals surface area contributed by atoms with Crippen LogP contribution in [0, 0.1) is 11.3 Å². The minimum Gasteiger partial charge on any atom is -0.354 e. The van der Waals surface area contributed by atoms with E-state index < -0.39 is 0 Å². The number of rotatable bonds is 4. The molecule has 0 aliphatic carbocycles. The lowest BCUT2D eigenvalue weighted by molar-refractivity contribution is 0.102. The fourth-order valence-electron chi connectivity index (χ4n) is 2.20. The predicted octanol–water partition coefficient (Wildman–Crippen LogP) is 5.26. The molecule has 0 aliphatic heterocycles. The number of benzene rings is 2. The zero-order valence-corrected chi connectivity index (χ0v) is 14.8. The maximum atomic E-state index is 12.3. The molecule has 0 spiro atoms. The number of aromatic nitrogens is 1. The number of halogens is 2. The highest BCUT2D eigenvalue weighted by Gasteiger charge is 2.08. The number of carbonyl (C=O) groups excluding carboxylic acids is 1. The fraction of sp³-hybridized carbons (Fsp3) is 0. The summed E-state index contributed by atoms with van der Waals surface area (Å²) >= 11 is 11.9. The van der Waals surface area contributed by atoms with E-state index in [-0.39, 0.29) is 11.6 Å². The van der Waals surface area contributed by atoms with E-state index in [0.717, 1.165) is 5.69 Å². The van der Waals surface area contributed by atoms with Gasteiger partial charge in [0, 0.05) is 11.4 Å². The Morgan fingerprint density at radius 1 is 0.962 bits per heavy atom. The third kappa shape index (κ3) is 4.31. The standard InChI is InChI=1S/C19H12Cl2N4O/c20-16-6-4-14(9-17(16)21)24-15-5-7-18(23-11-15)19(26)25-13-3-1-2-12(8-13)10-22/h1-9,11,24H,(H,25,26). The van der Waals surface area contributed by atoms with Crippen molar-refractivity contribution in [3.8, 4) is 6.07 Å². The first kappa shape index (κ1) is 17.7. The summed E-state index contributed by atoms with van der Waals surface area (Å²) in [5.41, 5.74) is 2.72. The van der Waals surface area contributed by atoms with Gasteiger partial charge in [0.15, 0.2) is 0 Å². The van der Waals surface area contributed by atoms with E-state index >= 15 is 0 Å². The second-order valence-corrected chi connectivity index (χ2v) is 6.15. The lowest BCUT2D eigenvalue weighted by Gasteiger charge is -2.08. The van der Waals surface area contributed by atoms with Crippen molar-refractivity contribution in [1.82, 2.24) is 4.98 Å². The molecular weight excluding hydrogens is 371 g/mol. The molecule has 26 heavy (non-hydrogen) atoms. The minimum atomic E-state index is -0.360. The van der Waals surface area contributed by atoms with E-state index in [9.17, 15) is 4.79 Å². The lowest BCUT2D eigenvalue weighted by Crippen LogP contribution is -2.13. The van der Waals surface area contributed by atoms with Crippen molar-refractivity contribution >= 4 is 46.2 Å². The van der Waals surface area contributed by atoms with Crippen LogP contribution in [0.3, 0.4) is 0 Å². The van der Waals surface area contributed by atoms with Crippen LogP contribution >= 0.6 is 23.2 Å². The van der Waals surface area contributed by atoms with Crippen LogP contribution in [0.15, 0.2) is 60.8 Å². The van der Waals surface area contributed by atoms with Gasteiger partial charge in [-0.15, -0.1) is 0 Å². The highest BCUT2D eigenvalue weighted by Crippen LogP contribution is 2.26. The summed E-state index contributed by atoms with van der Waals surface area (Å²) in [6.07, 6.45) is 1.54. The second kappa shape index (κ2) is 7.87. The lowest BCUT2D eigenvalue weighted by atomic mass is 10.2. The Morgan fingerprint density at radius 3 is 2.46 bits per heavy atom. The maximum Gasteiger partial charge on any atom is 0.274 e. The number of amides is 1. The van der Waals surface area contributed by atoms with E-state index in [0.29, 0.717) is 27.0 Å². The van der Waals surface area contributed by atoms with E-state index in [2.05, 4.69) is 15.6 Å². The molecule has 1 aromatic heterocycles. The van der Waals surface area contributed by atoms with E-state index in [1.807, 2.05) is 6.07 Å². The zero-order valence-electron chi connectivity index (χ0n) is 13.3. The van der Waals surface area contributed by atoms with Crippen LogP contribution in [0.2, 0.25) is 10.0 Å². The summed E-state index contributed by atoms with van der Waals surface area (Å²) in [5, 5.41) is 15.7. The number of nitrogens with one attached hydrogen (secondary N) is 2. The number of nitrogens with zero attached hydrogens (tertiary/aromatic N) is 2. The van der Waals surface area contributed by atoms with Gasteiger partial charge in [0.25, 0.3) is 5.91 Å². The topological polar surface area (TPSA) is 77.8 Å². The molecule has 0 saturated carbocycles. The monoisotopic (exact) mass is 382 g/mol. The molecule has 0 unspecified atom stereocenters. The number of anilines is 3. The summed E-state index contributed by atoms with van der Waals surface area (Å²) in [7, 11) is 0. The molecule has 3 aromatic rings. The fourth-order valence-corrected chi connectivity index (χ4v) is 2.50.